The van der Waals surface area contributed by atoms with Crippen LogP contribution in [0.2, 0.25) is 0 Å². The summed E-state index contributed by atoms with van der Waals surface area (Å²) < 4.78 is 5.58. The smallest absolute Gasteiger partial charge is 0.302 e. The van der Waals surface area contributed by atoms with E-state index in [0.717, 1.165) is 37.0 Å². The molecule has 4 aliphatic carbocycles. The van der Waals surface area contributed by atoms with E-state index in [9.17, 15) is 4.79 Å². The Labute approximate surface area is 174 Å². The lowest BCUT2D eigenvalue weighted by atomic mass is 9.47. The molecule has 154 valence electrons. The molecule has 0 saturated heterocycles. The predicted octanol–water partition coefficient (Wildman–Crippen LogP) is 5.97. The molecular formula is C26H33NO2. The van der Waals surface area contributed by atoms with E-state index in [2.05, 4.69) is 43.1 Å². The van der Waals surface area contributed by atoms with Crippen LogP contribution in [0.4, 0.5) is 0 Å². The molecule has 1 aromatic rings. The largest absolute Gasteiger partial charge is 0.462 e. The Morgan fingerprint density at radius 3 is 2.69 bits per heavy atom. The number of esters is 1. The van der Waals surface area contributed by atoms with Crippen molar-refractivity contribution in [2.75, 3.05) is 0 Å². The second kappa shape index (κ2) is 6.82. The zero-order valence-corrected chi connectivity index (χ0v) is 18.0. The summed E-state index contributed by atoms with van der Waals surface area (Å²) in [6.07, 6.45) is 17.1. The van der Waals surface area contributed by atoms with Crippen molar-refractivity contribution < 1.29 is 9.53 Å². The van der Waals surface area contributed by atoms with Gasteiger partial charge in [0.05, 0.1) is 0 Å². The fraction of sp³-hybridized carbons (Fsp3) is 0.615. The van der Waals surface area contributed by atoms with Crippen LogP contribution in [-0.4, -0.2) is 17.1 Å². The van der Waals surface area contributed by atoms with E-state index < -0.39 is 0 Å². The van der Waals surface area contributed by atoms with Gasteiger partial charge in [0.1, 0.15) is 6.10 Å². The third kappa shape index (κ3) is 2.92. The van der Waals surface area contributed by atoms with E-state index in [4.69, 9.17) is 4.74 Å². The minimum absolute atomic E-state index is 0.0857. The summed E-state index contributed by atoms with van der Waals surface area (Å²) in [7, 11) is 0. The van der Waals surface area contributed by atoms with E-state index in [-0.39, 0.29) is 22.9 Å². The quantitative estimate of drug-likeness (QED) is 0.460. The minimum Gasteiger partial charge on any atom is -0.462 e. The number of allylic oxidation sites excluding steroid dienone is 3. The van der Waals surface area contributed by atoms with E-state index in [1.807, 2.05) is 12.4 Å². The molecule has 1 aromatic heterocycles. The third-order valence-corrected chi connectivity index (χ3v) is 8.94. The zero-order chi connectivity index (χ0) is 20.2. The Hall–Kier alpha value is -1.90. The minimum atomic E-state index is -0.138. The number of aromatic nitrogens is 1. The van der Waals surface area contributed by atoms with Crippen LogP contribution in [-0.2, 0) is 9.53 Å². The highest BCUT2D eigenvalue weighted by Crippen LogP contribution is 2.66. The zero-order valence-electron chi connectivity index (χ0n) is 18.0. The summed E-state index contributed by atoms with van der Waals surface area (Å²) >= 11 is 0. The molecule has 0 N–H and O–H groups in total. The highest BCUT2D eigenvalue weighted by atomic mass is 16.5. The van der Waals surface area contributed by atoms with Gasteiger partial charge in [-0.3, -0.25) is 9.78 Å². The van der Waals surface area contributed by atoms with Crippen molar-refractivity contribution in [3.8, 4) is 0 Å². The Balaban J connectivity index is 1.41. The summed E-state index contributed by atoms with van der Waals surface area (Å²) in [5.74, 6) is 2.12. The van der Waals surface area contributed by atoms with Crippen molar-refractivity contribution in [2.45, 2.75) is 71.8 Å². The second-order valence-electron chi connectivity index (χ2n) is 10.3. The van der Waals surface area contributed by atoms with Gasteiger partial charge in [-0.15, -0.1) is 0 Å². The highest BCUT2D eigenvalue weighted by molar-refractivity contribution is 5.72. The molecule has 2 saturated carbocycles. The first-order valence-corrected chi connectivity index (χ1v) is 11.4. The maximum atomic E-state index is 11.4. The molecule has 1 unspecified atom stereocenters. The lowest BCUT2D eigenvalue weighted by molar-refractivity contribution is -0.148. The fourth-order valence-corrected chi connectivity index (χ4v) is 7.50. The molecule has 2 fully saturated rings. The van der Waals surface area contributed by atoms with Gasteiger partial charge in [-0.2, -0.15) is 0 Å². The Kier molecular flexibility index (Phi) is 4.49. The number of nitrogens with zero attached hydrogens (tertiary/aromatic N) is 1. The van der Waals surface area contributed by atoms with E-state index in [1.54, 1.807) is 5.57 Å². The van der Waals surface area contributed by atoms with Crippen molar-refractivity contribution in [2.24, 2.45) is 28.6 Å². The van der Waals surface area contributed by atoms with Crippen LogP contribution in [0.1, 0.15) is 71.3 Å². The lowest BCUT2D eigenvalue weighted by Crippen LogP contribution is -2.50. The Morgan fingerprint density at radius 1 is 1.10 bits per heavy atom. The van der Waals surface area contributed by atoms with Gasteiger partial charge in [0, 0.05) is 25.7 Å². The molecule has 3 nitrogen and oxygen atoms in total. The van der Waals surface area contributed by atoms with Crippen LogP contribution in [0.15, 0.2) is 42.3 Å². The van der Waals surface area contributed by atoms with Gasteiger partial charge < -0.3 is 4.74 Å². The lowest BCUT2D eigenvalue weighted by Gasteiger charge is -2.57. The monoisotopic (exact) mass is 391 g/mol. The normalized spacial score (nSPS) is 40.8. The Bertz CT molecular complexity index is 872. The topological polar surface area (TPSA) is 39.2 Å². The van der Waals surface area contributed by atoms with Crippen LogP contribution in [0.5, 0.6) is 0 Å². The summed E-state index contributed by atoms with van der Waals surface area (Å²) in [6, 6.07) is 4.30. The van der Waals surface area contributed by atoms with Gasteiger partial charge >= 0.3 is 5.97 Å². The van der Waals surface area contributed by atoms with Gasteiger partial charge in [-0.1, -0.05) is 37.6 Å². The molecule has 0 spiro atoms. The molecule has 0 radical (unpaired) electrons. The molecule has 6 atom stereocenters. The number of ether oxygens (including phenoxy) is 1. The summed E-state index contributed by atoms with van der Waals surface area (Å²) in [5, 5.41) is 0. The first kappa shape index (κ1) is 19.1. The Morgan fingerprint density at radius 2 is 1.93 bits per heavy atom. The van der Waals surface area contributed by atoms with Crippen molar-refractivity contribution in [1.82, 2.24) is 4.98 Å². The van der Waals surface area contributed by atoms with Crippen LogP contribution < -0.4 is 0 Å². The number of fused-ring (bicyclic) bond motifs is 5. The number of hydrogen-bond donors (Lipinski definition) is 0. The number of pyridine rings is 1. The predicted molar refractivity (Wildman–Crippen MR) is 115 cm³/mol. The molecule has 5 rings (SSSR count). The molecule has 0 aliphatic heterocycles. The van der Waals surface area contributed by atoms with E-state index in [1.165, 1.54) is 43.7 Å². The molecule has 0 bridgehead atoms. The maximum absolute atomic E-state index is 11.4. The summed E-state index contributed by atoms with van der Waals surface area (Å²) in [6.45, 7) is 6.56. The van der Waals surface area contributed by atoms with E-state index in [0.29, 0.717) is 0 Å². The number of carbonyl (C=O) groups excluding carboxylic acids is 1. The molecular weight excluding hydrogens is 358 g/mol. The van der Waals surface area contributed by atoms with Crippen LogP contribution in [0.3, 0.4) is 0 Å². The van der Waals surface area contributed by atoms with Crippen molar-refractivity contribution in [3.63, 3.8) is 0 Å². The number of carbonyl (C=O) groups is 1. The van der Waals surface area contributed by atoms with Gasteiger partial charge in [0.15, 0.2) is 0 Å². The van der Waals surface area contributed by atoms with Crippen molar-refractivity contribution in [3.05, 3.63) is 47.8 Å². The van der Waals surface area contributed by atoms with Crippen LogP contribution in [0, 0.1) is 28.6 Å². The standard InChI is InChI=1S/C26H33NO2/c1-17(28)29-20-10-12-25(2)19(15-20)6-7-21-23-9-8-22(18-5-4-14-27-16-18)26(23,3)13-11-24(21)25/h4-6,8,14,16,20-21,23-24H,7,9-13,15H2,1-3H3/t20-,21-,23-,24?,25-,26+/m0/s1. The SMILES string of the molecule is CC(=O)O[C@H]1CC[C@@]2(C)C(=CC[C@@H]3C2CC[C@]2(C)C(c4cccnc4)=CC[C@@H]32)C1. The molecule has 3 heteroatoms. The molecule has 4 aliphatic rings. The average molecular weight is 392 g/mol. The number of hydrogen-bond acceptors (Lipinski definition) is 3. The third-order valence-electron chi connectivity index (χ3n) is 8.94. The van der Waals surface area contributed by atoms with Gasteiger partial charge in [-0.25, -0.2) is 0 Å². The van der Waals surface area contributed by atoms with Gasteiger partial charge in [-0.05, 0) is 84.3 Å². The molecule has 0 aromatic carbocycles. The molecule has 0 amide bonds. The van der Waals surface area contributed by atoms with Gasteiger partial charge in [0.2, 0.25) is 0 Å². The van der Waals surface area contributed by atoms with Gasteiger partial charge in [0.25, 0.3) is 0 Å². The van der Waals surface area contributed by atoms with Crippen molar-refractivity contribution >= 4 is 11.5 Å². The average Bonchev–Trinajstić information content (AvgIpc) is 3.06. The van der Waals surface area contributed by atoms with E-state index >= 15 is 0 Å². The first-order valence-electron chi connectivity index (χ1n) is 11.4. The van der Waals surface area contributed by atoms with Crippen LogP contribution in [0.25, 0.3) is 5.57 Å². The fourth-order valence-electron chi connectivity index (χ4n) is 7.50. The molecule has 29 heavy (non-hydrogen) atoms. The van der Waals surface area contributed by atoms with Crippen molar-refractivity contribution in [1.29, 1.82) is 0 Å². The molecule has 1 heterocycles. The summed E-state index contributed by atoms with van der Waals surface area (Å²) in [5.41, 5.74) is 4.99. The highest BCUT2D eigenvalue weighted by Gasteiger charge is 2.56. The maximum Gasteiger partial charge on any atom is 0.302 e. The number of rotatable bonds is 2. The first-order chi connectivity index (χ1) is 13.9. The summed E-state index contributed by atoms with van der Waals surface area (Å²) in [4.78, 5) is 15.8. The van der Waals surface area contributed by atoms with Crippen LogP contribution >= 0.6 is 0 Å². The second-order valence-corrected chi connectivity index (χ2v) is 10.3.